The van der Waals surface area contributed by atoms with Crippen LogP contribution in [0.1, 0.15) is 52.0 Å². The lowest BCUT2D eigenvalue weighted by Crippen LogP contribution is -2.40. The van der Waals surface area contributed by atoms with Crippen molar-refractivity contribution in [2.24, 2.45) is 4.99 Å². The summed E-state index contributed by atoms with van der Waals surface area (Å²) < 4.78 is 6.08. The molecule has 158 valence electrons. The largest absolute Gasteiger partial charge is 0.490 e. The van der Waals surface area contributed by atoms with E-state index >= 15 is 0 Å². The fraction of sp³-hybridized carbons (Fsp3) is 0.619. The highest BCUT2D eigenvalue weighted by Gasteiger charge is 2.20. The van der Waals surface area contributed by atoms with E-state index in [1.165, 1.54) is 6.42 Å². The van der Waals surface area contributed by atoms with Crippen molar-refractivity contribution in [2.45, 2.75) is 59.1 Å². The first-order valence-electron chi connectivity index (χ1n) is 10.2. The van der Waals surface area contributed by atoms with E-state index < -0.39 is 0 Å². The van der Waals surface area contributed by atoms with Crippen LogP contribution < -0.4 is 15.4 Å². The predicted octanol–water partition coefficient (Wildman–Crippen LogP) is 3.55. The van der Waals surface area contributed by atoms with E-state index in [1.54, 1.807) is 0 Å². The summed E-state index contributed by atoms with van der Waals surface area (Å²) in [6.45, 7) is 9.43. The van der Waals surface area contributed by atoms with Crippen molar-refractivity contribution in [1.82, 2.24) is 15.5 Å². The number of nitrogens with zero attached hydrogens (tertiary/aromatic N) is 2. The lowest BCUT2D eigenvalue weighted by Gasteiger charge is -2.27. The molecule has 28 heavy (non-hydrogen) atoms. The molecular weight excluding hydrogens is 467 g/mol. The Morgan fingerprint density at radius 2 is 1.89 bits per heavy atom. The summed E-state index contributed by atoms with van der Waals surface area (Å²) in [6, 6.07) is 8.10. The second kappa shape index (κ2) is 13.6. The van der Waals surface area contributed by atoms with Gasteiger partial charge in [0.1, 0.15) is 5.75 Å². The Morgan fingerprint density at radius 3 is 2.50 bits per heavy atom. The third-order valence-corrected chi connectivity index (χ3v) is 4.82. The van der Waals surface area contributed by atoms with Crippen molar-refractivity contribution < 1.29 is 9.53 Å². The number of benzene rings is 1. The van der Waals surface area contributed by atoms with Crippen molar-refractivity contribution in [3.8, 4) is 5.75 Å². The molecule has 2 rings (SSSR count). The normalized spacial score (nSPS) is 13.9. The van der Waals surface area contributed by atoms with Gasteiger partial charge in [-0.15, -0.1) is 24.0 Å². The van der Waals surface area contributed by atoms with E-state index in [2.05, 4.69) is 21.7 Å². The SMILES string of the molecule is CCNC(=NCc1ccccc1OC1CCC1)NCCC(=O)N(CC)CC.I. The Balaban J connectivity index is 0.00000392. The maximum Gasteiger partial charge on any atom is 0.224 e. The minimum Gasteiger partial charge on any atom is -0.490 e. The van der Waals surface area contributed by atoms with Crippen LogP contribution in [0.15, 0.2) is 29.3 Å². The summed E-state index contributed by atoms with van der Waals surface area (Å²) in [5.74, 6) is 1.82. The number of carbonyl (C=O) groups excluding carboxylic acids is 1. The van der Waals surface area contributed by atoms with E-state index in [-0.39, 0.29) is 29.9 Å². The maximum absolute atomic E-state index is 12.1. The number of amides is 1. The third kappa shape index (κ3) is 7.85. The second-order valence-corrected chi connectivity index (χ2v) is 6.72. The van der Waals surface area contributed by atoms with Gasteiger partial charge in [-0.1, -0.05) is 18.2 Å². The topological polar surface area (TPSA) is 66.0 Å². The van der Waals surface area contributed by atoms with Crippen LogP contribution in [0, 0.1) is 0 Å². The Kier molecular flexibility index (Phi) is 11.9. The van der Waals surface area contributed by atoms with E-state index in [1.807, 2.05) is 43.9 Å². The molecule has 0 spiro atoms. The monoisotopic (exact) mass is 502 g/mol. The summed E-state index contributed by atoms with van der Waals surface area (Å²) in [5, 5.41) is 6.50. The molecule has 0 radical (unpaired) electrons. The number of nitrogens with one attached hydrogen (secondary N) is 2. The summed E-state index contributed by atoms with van der Waals surface area (Å²) in [4.78, 5) is 18.6. The smallest absolute Gasteiger partial charge is 0.224 e. The third-order valence-electron chi connectivity index (χ3n) is 4.82. The van der Waals surface area contributed by atoms with Gasteiger partial charge in [-0.05, 0) is 46.1 Å². The van der Waals surface area contributed by atoms with Crippen LogP contribution in [-0.4, -0.2) is 49.0 Å². The highest BCUT2D eigenvalue weighted by molar-refractivity contribution is 14.0. The Hall–Kier alpha value is -1.51. The van der Waals surface area contributed by atoms with Gasteiger partial charge in [0.2, 0.25) is 5.91 Å². The number of ether oxygens (including phenoxy) is 1. The summed E-state index contributed by atoms with van der Waals surface area (Å²) in [7, 11) is 0. The van der Waals surface area contributed by atoms with Crippen LogP contribution in [-0.2, 0) is 11.3 Å². The number of hydrogen-bond acceptors (Lipinski definition) is 3. The number of aliphatic imine (C=N–C) groups is 1. The van der Waals surface area contributed by atoms with Crippen LogP contribution in [0.5, 0.6) is 5.75 Å². The molecule has 0 bridgehead atoms. The van der Waals surface area contributed by atoms with Crippen molar-refractivity contribution in [3.63, 3.8) is 0 Å². The van der Waals surface area contributed by atoms with Gasteiger partial charge in [-0.3, -0.25) is 4.79 Å². The zero-order chi connectivity index (χ0) is 19.5. The van der Waals surface area contributed by atoms with Gasteiger partial charge in [0.05, 0.1) is 12.6 Å². The van der Waals surface area contributed by atoms with Crippen molar-refractivity contribution in [2.75, 3.05) is 26.2 Å². The van der Waals surface area contributed by atoms with E-state index in [0.717, 1.165) is 49.7 Å². The lowest BCUT2D eigenvalue weighted by molar-refractivity contribution is -0.130. The molecule has 0 atom stereocenters. The fourth-order valence-corrected chi connectivity index (χ4v) is 2.95. The van der Waals surface area contributed by atoms with Crippen LogP contribution in [0.2, 0.25) is 0 Å². The first kappa shape index (κ1) is 24.5. The second-order valence-electron chi connectivity index (χ2n) is 6.72. The molecule has 0 heterocycles. The number of guanidine groups is 1. The number of carbonyl (C=O) groups is 1. The predicted molar refractivity (Wildman–Crippen MR) is 125 cm³/mol. The molecule has 6 nitrogen and oxygen atoms in total. The van der Waals surface area contributed by atoms with E-state index in [0.29, 0.717) is 25.6 Å². The molecule has 0 aromatic heterocycles. The first-order valence-corrected chi connectivity index (χ1v) is 10.2. The Bertz CT molecular complexity index is 616. The summed E-state index contributed by atoms with van der Waals surface area (Å²) in [6.07, 6.45) is 4.36. The lowest BCUT2D eigenvalue weighted by atomic mass is 9.96. The van der Waals surface area contributed by atoms with Crippen LogP contribution in [0.4, 0.5) is 0 Å². The van der Waals surface area contributed by atoms with Crippen molar-refractivity contribution in [1.29, 1.82) is 0 Å². The van der Waals surface area contributed by atoms with Gasteiger partial charge in [0.15, 0.2) is 5.96 Å². The zero-order valence-corrected chi connectivity index (χ0v) is 19.7. The molecule has 0 unspecified atom stereocenters. The van der Waals surface area contributed by atoms with Gasteiger partial charge in [-0.2, -0.15) is 0 Å². The van der Waals surface area contributed by atoms with Gasteiger partial charge >= 0.3 is 0 Å². The molecule has 1 aliphatic rings. The van der Waals surface area contributed by atoms with Crippen LogP contribution in [0.25, 0.3) is 0 Å². The Labute approximate surface area is 186 Å². The van der Waals surface area contributed by atoms with Crippen LogP contribution >= 0.6 is 24.0 Å². The zero-order valence-electron chi connectivity index (χ0n) is 17.4. The van der Waals surface area contributed by atoms with E-state index in [9.17, 15) is 4.79 Å². The highest BCUT2D eigenvalue weighted by Crippen LogP contribution is 2.27. The number of hydrogen-bond donors (Lipinski definition) is 2. The molecule has 2 N–H and O–H groups in total. The summed E-state index contributed by atoms with van der Waals surface area (Å²) >= 11 is 0. The minimum absolute atomic E-state index is 0. The molecular formula is C21H35IN4O2. The fourth-order valence-electron chi connectivity index (χ4n) is 2.95. The molecule has 1 aromatic carbocycles. The van der Waals surface area contributed by atoms with Crippen molar-refractivity contribution in [3.05, 3.63) is 29.8 Å². The molecule has 0 saturated heterocycles. The average molecular weight is 502 g/mol. The number of para-hydroxylation sites is 1. The van der Waals surface area contributed by atoms with Crippen molar-refractivity contribution >= 4 is 35.8 Å². The quantitative estimate of drug-likeness (QED) is 0.292. The highest BCUT2D eigenvalue weighted by atomic mass is 127. The van der Waals surface area contributed by atoms with E-state index in [4.69, 9.17) is 4.74 Å². The molecule has 7 heteroatoms. The Morgan fingerprint density at radius 1 is 1.18 bits per heavy atom. The van der Waals surface area contributed by atoms with Gasteiger partial charge in [0.25, 0.3) is 0 Å². The minimum atomic E-state index is 0. The molecule has 1 fully saturated rings. The molecule has 0 aliphatic heterocycles. The average Bonchev–Trinajstić information content (AvgIpc) is 2.64. The first-order chi connectivity index (χ1) is 13.2. The number of rotatable bonds is 10. The van der Waals surface area contributed by atoms with Gasteiger partial charge in [0, 0.05) is 38.2 Å². The van der Waals surface area contributed by atoms with Crippen LogP contribution in [0.3, 0.4) is 0 Å². The molecule has 1 aliphatic carbocycles. The maximum atomic E-state index is 12.1. The molecule has 1 aromatic rings. The van der Waals surface area contributed by atoms with Gasteiger partial charge in [-0.25, -0.2) is 4.99 Å². The standard InChI is InChI=1S/C21H34N4O2.HI/c1-4-22-21(23-15-14-20(26)25(5-2)6-3)24-16-17-10-7-8-13-19(17)27-18-11-9-12-18;/h7-8,10,13,18H,4-6,9,11-12,14-16H2,1-3H3,(H2,22,23,24);1H. The molecule has 1 amide bonds. The number of halogens is 1. The molecule has 1 saturated carbocycles. The summed E-state index contributed by atoms with van der Waals surface area (Å²) in [5.41, 5.74) is 1.08. The van der Waals surface area contributed by atoms with Gasteiger partial charge < -0.3 is 20.3 Å².